The summed E-state index contributed by atoms with van der Waals surface area (Å²) in [6.07, 6.45) is 3.95. The highest BCUT2D eigenvalue weighted by Gasteiger charge is 2.31. The maximum absolute atomic E-state index is 6.67. The van der Waals surface area contributed by atoms with Crippen LogP contribution in [0.15, 0.2) is 72.9 Å². The number of anilines is 1. The minimum Gasteiger partial charge on any atom is -0.398 e. The lowest BCUT2D eigenvalue weighted by Gasteiger charge is -2.38. The van der Waals surface area contributed by atoms with Crippen LogP contribution in [-0.4, -0.2) is 41.2 Å². The minimum atomic E-state index is 0.320. The van der Waals surface area contributed by atoms with Crippen molar-refractivity contribution in [2.75, 3.05) is 32.0 Å². The van der Waals surface area contributed by atoms with E-state index in [4.69, 9.17) is 22.1 Å². The molecule has 3 aromatic carbocycles. The lowest BCUT2D eigenvalue weighted by Crippen LogP contribution is -2.39. The summed E-state index contributed by atoms with van der Waals surface area (Å²) < 4.78 is 5.97. The van der Waals surface area contributed by atoms with Crippen molar-refractivity contribution in [1.29, 1.82) is 0 Å². The van der Waals surface area contributed by atoms with Crippen LogP contribution in [0.25, 0.3) is 22.6 Å². The molecule has 1 saturated heterocycles. The van der Waals surface area contributed by atoms with E-state index in [-0.39, 0.29) is 0 Å². The summed E-state index contributed by atoms with van der Waals surface area (Å²) in [6, 6.07) is 22.9. The molecule has 0 saturated carbocycles. The number of ether oxygens (including phenoxy) is 1. The number of H-pyrrole nitrogens is 1. The Morgan fingerprint density at radius 2 is 1.97 bits per heavy atom. The molecule has 5 nitrogen and oxygen atoms in total. The number of rotatable bonds is 5. The third-order valence-corrected chi connectivity index (χ3v) is 8.04. The molecule has 0 amide bonds. The molecule has 0 spiro atoms. The minimum absolute atomic E-state index is 0.320. The average molecular weight is 499 g/mol. The van der Waals surface area contributed by atoms with Gasteiger partial charge in [-0.2, -0.15) is 0 Å². The van der Waals surface area contributed by atoms with Gasteiger partial charge in [0.25, 0.3) is 0 Å². The van der Waals surface area contributed by atoms with Gasteiger partial charge in [0.2, 0.25) is 0 Å². The lowest BCUT2D eigenvalue weighted by molar-refractivity contribution is 0.0316. The number of benzene rings is 3. The molecule has 3 heterocycles. The van der Waals surface area contributed by atoms with Crippen molar-refractivity contribution in [1.82, 2.24) is 14.9 Å². The van der Waals surface area contributed by atoms with Crippen molar-refractivity contribution in [2.24, 2.45) is 5.92 Å². The highest BCUT2D eigenvalue weighted by atomic mass is 35.5. The third kappa shape index (κ3) is 4.66. The number of hydrogen-bond donors (Lipinski definition) is 2. The van der Waals surface area contributed by atoms with E-state index in [9.17, 15) is 0 Å². The molecule has 0 aliphatic carbocycles. The molecular weight excluding hydrogens is 468 g/mol. The van der Waals surface area contributed by atoms with Gasteiger partial charge in [0.05, 0.1) is 23.5 Å². The van der Waals surface area contributed by atoms with Crippen molar-refractivity contribution >= 4 is 17.3 Å². The maximum atomic E-state index is 6.67. The Balaban J connectivity index is 1.23. The molecule has 0 bridgehead atoms. The molecule has 6 rings (SSSR count). The van der Waals surface area contributed by atoms with Crippen LogP contribution in [-0.2, 0) is 17.7 Å². The van der Waals surface area contributed by atoms with Gasteiger partial charge >= 0.3 is 0 Å². The summed E-state index contributed by atoms with van der Waals surface area (Å²) in [7, 11) is 0. The van der Waals surface area contributed by atoms with E-state index in [2.05, 4.69) is 51.3 Å². The van der Waals surface area contributed by atoms with E-state index >= 15 is 0 Å². The summed E-state index contributed by atoms with van der Waals surface area (Å²) in [5.41, 5.74) is 14.1. The number of fused-ring (bicyclic) bond motifs is 1. The first-order valence-corrected chi connectivity index (χ1v) is 13.1. The van der Waals surface area contributed by atoms with E-state index in [1.54, 1.807) is 0 Å². The van der Waals surface area contributed by atoms with E-state index < -0.39 is 0 Å². The van der Waals surface area contributed by atoms with Gasteiger partial charge in [0, 0.05) is 43.4 Å². The van der Waals surface area contributed by atoms with Crippen molar-refractivity contribution in [2.45, 2.75) is 25.3 Å². The summed E-state index contributed by atoms with van der Waals surface area (Å²) >= 11 is 6.67. The van der Waals surface area contributed by atoms with Gasteiger partial charge in [-0.15, -0.1) is 0 Å². The summed E-state index contributed by atoms with van der Waals surface area (Å²) in [5, 5.41) is 0.700. The molecule has 2 unspecified atom stereocenters. The Morgan fingerprint density at radius 3 is 2.86 bits per heavy atom. The van der Waals surface area contributed by atoms with Gasteiger partial charge in [-0.1, -0.05) is 60.1 Å². The molecule has 3 N–H and O–H groups in total. The van der Waals surface area contributed by atoms with Crippen LogP contribution >= 0.6 is 11.6 Å². The van der Waals surface area contributed by atoms with Crippen LogP contribution < -0.4 is 5.73 Å². The number of aromatic amines is 1. The zero-order valence-electron chi connectivity index (χ0n) is 20.3. The second-order valence-corrected chi connectivity index (χ2v) is 10.4. The second-order valence-electron chi connectivity index (χ2n) is 9.95. The first-order valence-electron chi connectivity index (χ1n) is 12.7. The topological polar surface area (TPSA) is 67.2 Å². The predicted molar refractivity (Wildman–Crippen MR) is 146 cm³/mol. The number of aromatic nitrogens is 2. The Hall–Kier alpha value is -3.12. The van der Waals surface area contributed by atoms with E-state index in [0.717, 1.165) is 74.0 Å². The lowest BCUT2D eigenvalue weighted by atomic mass is 9.81. The summed E-state index contributed by atoms with van der Waals surface area (Å²) in [4.78, 5) is 10.7. The third-order valence-electron chi connectivity index (χ3n) is 7.71. The maximum Gasteiger partial charge on any atom is 0.139 e. The van der Waals surface area contributed by atoms with Gasteiger partial charge < -0.3 is 15.5 Å². The monoisotopic (exact) mass is 498 g/mol. The van der Waals surface area contributed by atoms with E-state index in [1.165, 1.54) is 16.7 Å². The molecule has 1 aromatic heterocycles. The standard InChI is InChI=1S/C30H31ClN4O/c31-27-10-9-21(15-25(27)30-33-16-29(34-30)20-5-2-1-3-6-20)26-19-36-14-12-23(26)18-35-13-11-24-22(17-35)7-4-8-28(24)32/h1-10,15-16,23,26H,11-14,17-19,32H2,(H,33,34). The number of nitrogens with one attached hydrogen (secondary N) is 1. The van der Waals surface area contributed by atoms with Crippen molar-refractivity contribution in [3.63, 3.8) is 0 Å². The highest BCUT2D eigenvalue weighted by molar-refractivity contribution is 6.33. The van der Waals surface area contributed by atoms with Crippen LogP contribution in [0.1, 0.15) is 29.0 Å². The van der Waals surface area contributed by atoms with Crippen molar-refractivity contribution in [3.05, 3.63) is 94.6 Å². The fourth-order valence-electron chi connectivity index (χ4n) is 5.73. The zero-order chi connectivity index (χ0) is 24.5. The fourth-order valence-corrected chi connectivity index (χ4v) is 5.94. The van der Waals surface area contributed by atoms with Gasteiger partial charge in [-0.05, 0) is 59.2 Å². The number of hydrogen-bond acceptors (Lipinski definition) is 4. The second kappa shape index (κ2) is 10.1. The molecule has 2 aliphatic rings. The SMILES string of the molecule is Nc1cccc2c1CCN(CC1CCOCC1c1ccc(Cl)c(-c3ncc(-c4ccccc4)[nH]3)c1)C2. The van der Waals surface area contributed by atoms with Crippen molar-refractivity contribution in [3.8, 4) is 22.6 Å². The summed E-state index contributed by atoms with van der Waals surface area (Å²) in [6.45, 7) is 4.62. The van der Waals surface area contributed by atoms with Crippen LogP contribution in [0.4, 0.5) is 5.69 Å². The predicted octanol–water partition coefficient (Wildman–Crippen LogP) is 6.16. The largest absolute Gasteiger partial charge is 0.398 e. The van der Waals surface area contributed by atoms with E-state index in [0.29, 0.717) is 16.9 Å². The number of imidazole rings is 1. The highest BCUT2D eigenvalue weighted by Crippen LogP contribution is 2.37. The normalized spacial score (nSPS) is 20.2. The van der Waals surface area contributed by atoms with Gasteiger partial charge in [0.15, 0.2) is 0 Å². The first-order chi connectivity index (χ1) is 17.7. The molecule has 2 atom stereocenters. The summed E-state index contributed by atoms with van der Waals surface area (Å²) in [5.74, 6) is 1.63. The molecule has 2 aliphatic heterocycles. The Labute approximate surface area is 217 Å². The van der Waals surface area contributed by atoms with Crippen LogP contribution in [0.5, 0.6) is 0 Å². The molecule has 184 valence electrons. The van der Waals surface area contributed by atoms with Crippen molar-refractivity contribution < 1.29 is 4.74 Å². The quantitative estimate of drug-likeness (QED) is 0.323. The molecule has 1 fully saturated rings. The molecule has 4 aromatic rings. The first kappa shape index (κ1) is 23.3. The number of nitrogens with zero attached hydrogens (tertiary/aromatic N) is 2. The molecule has 6 heteroatoms. The van der Waals surface area contributed by atoms with Gasteiger partial charge in [-0.25, -0.2) is 4.98 Å². The Kier molecular flexibility index (Phi) is 6.53. The van der Waals surface area contributed by atoms with Crippen LogP contribution in [0.2, 0.25) is 5.02 Å². The number of halogens is 1. The van der Waals surface area contributed by atoms with Crippen LogP contribution in [0, 0.1) is 5.92 Å². The zero-order valence-corrected chi connectivity index (χ0v) is 21.0. The molecule has 0 radical (unpaired) electrons. The van der Waals surface area contributed by atoms with Gasteiger partial charge in [-0.3, -0.25) is 4.90 Å². The Morgan fingerprint density at radius 1 is 1.08 bits per heavy atom. The number of nitrogens with two attached hydrogens (primary N) is 1. The van der Waals surface area contributed by atoms with Crippen LogP contribution in [0.3, 0.4) is 0 Å². The smallest absolute Gasteiger partial charge is 0.139 e. The molecular formula is C30H31ClN4O. The van der Waals surface area contributed by atoms with Gasteiger partial charge in [0.1, 0.15) is 5.82 Å². The number of nitrogen functional groups attached to an aromatic ring is 1. The van der Waals surface area contributed by atoms with E-state index in [1.807, 2.05) is 36.5 Å². The Bertz CT molecular complexity index is 1350. The average Bonchev–Trinajstić information content (AvgIpc) is 3.40. The molecule has 36 heavy (non-hydrogen) atoms. The fraction of sp³-hybridized carbons (Fsp3) is 0.300.